The molecule has 0 radical (unpaired) electrons. The van der Waals surface area contributed by atoms with Crippen molar-refractivity contribution in [2.75, 3.05) is 26.7 Å². The zero-order valence-corrected chi connectivity index (χ0v) is 13.7. The van der Waals surface area contributed by atoms with Gasteiger partial charge in [-0.05, 0) is 50.6 Å². The van der Waals surface area contributed by atoms with Crippen LogP contribution in [-0.4, -0.2) is 43.6 Å². The Kier molecular flexibility index (Phi) is 5.48. The average molecular weight is 311 g/mol. The summed E-state index contributed by atoms with van der Waals surface area (Å²) in [6.07, 6.45) is 2.34. The van der Waals surface area contributed by atoms with Gasteiger partial charge in [-0.2, -0.15) is 0 Å². The van der Waals surface area contributed by atoms with Crippen LogP contribution >= 0.6 is 11.6 Å². The highest BCUT2D eigenvalue weighted by Gasteiger charge is 2.24. The van der Waals surface area contributed by atoms with E-state index >= 15 is 0 Å². The van der Waals surface area contributed by atoms with Gasteiger partial charge in [-0.3, -0.25) is 9.69 Å². The van der Waals surface area contributed by atoms with Crippen LogP contribution in [0.1, 0.15) is 35.7 Å². The molecule has 2 rings (SSSR count). The molecule has 1 amide bonds. The van der Waals surface area contributed by atoms with Crippen molar-refractivity contribution in [3.63, 3.8) is 0 Å². The third-order valence-electron chi connectivity index (χ3n) is 4.13. The van der Waals surface area contributed by atoms with Gasteiger partial charge in [0.1, 0.15) is 5.75 Å². The molecule has 4 nitrogen and oxygen atoms in total. The molecule has 1 aromatic carbocycles. The molecule has 1 aliphatic rings. The second kappa shape index (κ2) is 7.14. The molecule has 0 aliphatic carbocycles. The molecule has 1 aliphatic heterocycles. The topological polar surface area (TPSA) is 41.6 Å². The number of aryl methyl sites for hydroxylation is 1. The van der Waals surface area contributed by atoms with Crippen LogP contribution in [0.3, 0.4) is 0 Å². The van der Waals surface area contributed by atoms with Crippen LogP contribution in [0.15, 0.2) is 12.1 Å². The Morgan fingerprint density at radius 3 is 2.95 bits per heavy atom. The zero-order chi connectivity index (χ0) is 15.4. The van der Waals surface area contributed by atoms with Gasteiger partial charge in [0.15, 0.2) is 0 Å². The van der Waals surface area contributed by atoms with Gasteiger partial charge in [0, 0.05) is 17.6 Å². The lowest BCUT2D eigenvalue weighted by Gasteiger charge is -2.23. The summed E-state index contributed by atoms with van der Waals surface area (Å²) >= 11 is 6.12. The number of nitrogens with one attached hydrogen (secondary N) is 1. The summed E-state index contributed by atoms with van der Waals surface area (Å²) in [5, 5.41) is 3.59. The largest absolute Gasteiger partial charge is 0.496 e. The normalized spacial score (nSPS) is 18.8. The molecule has 116 valence electrons. The molecule has 1 atom stereocenters. The number of rotatable bonds is 5. The molecule has 1 heterocycles. The molecule has 0 unspecified atom stereocenters. The molecular formula is C16H23ClN2O2. The first-order valence-electron chi connectivity index (χ1n) is 7.43. The summed E-state index contributed by atoms with van der Waals surface area (Å²) in [5.41, 5.74) is 1.40. The number of halogens is 1. The molecule has 0 spiro atoms. The van der Waals surface area contributed by atoms with E-state index in [0.717, 1.165) is 25.1 Å². The number of methoxy groups -OCH3 is 1. The highest BCUT2D eigenvalue weighted by molar-refractivity contribution is 6.31. The van der Waals surface area contributed by atoms with Gasteiger partial charge < -0.3 is 10.1 Å². The van der Waals surface area contributed by atoms with Crippen molar-refractivity contribution < 1.29 is 9.53 Å². The van der Waals surface area contributed by atoms with E-state index in [2.05, 4.69) is 17.1 Å². The van der Waals surface area contributed by atoms with Crippen LogP contribution in [-0.2, 0) is 0 Å². The predicted octanol–water partition coefficient (Wildman–Crippen LogP) is 2.87. The number of hydrogen-bond donors (Lipinski definition) is 1. The van der Waals surface area contributed by atoms with E-state index < -0.39 is 0 Å². The van der Waals surface area contributed by atoms with Gasteiger partial charge in [0.05, 0.1) is 12.7 Å². The summed E-state index contributed by atoms with van der Waals surface area (Å²) in [7, 11) is 1.56. The number of ether oxygens (including phenoxy) is 1. The van der Waals surface area contributed by atoms with E-state index in [4.69, 9.17) is 16.3 Å². The summed E-state index contributed by atoms with van der Waals surface area (Å²) in [4.78, 5) is 14.8. The van der Waals surface area contributed by atoms with Crippen molar-refractivity contribution in [3.05, 3.63) is 28.3 Å². The maximum Gasteiger partial charge on any atom is 0.255 e. The van der Waals surface area contributed by atoms with Crippen molar-refractivity contribution in [1.82, 2.24) is 10.2 Å². The van der Waals surface area contributed by atoms with Gasteiger partial charge in [0.25, 0.3) is 5.91 Å². The Labute approximate surface area is 131 Å². The number of hydrogen-bond acceptors (Lipinski definition) is 3. The monoisotopic (exact) mass is 310 g/mol. The second-order valence-electron chi connectivity index (χ2n) is 5.44. The van der Waals surface area contributed by atoms with E-state index in [-0.39, 0.29) is 5.91 Å². The third-order valence-corrected chi connectivity index (χ3v) is 4.54. The maximum atomic E-state index is 12.4. The van der Waals surface area contributed by atoms with Crippen molar-refractivity contribution in [2.45, 2.75) is 32.7 Å². The Morgan fingerprint density at radius 1 is 1.52 bits per heavy atom. The van der Waals surface area contributed by atoms with E-state index in [9.17, 15) is 4.79 Å². The molecule has 1 aromatic rings. The second-order valence-corrected chi connectivity index (χ2v) is 5.84. The number of likely N-dealkylation sites (tertiary alicyclic amines) is 1. The lowest BCUT2D eigenvalue weighted by Crippen LogP contribution is -2.40. The van der Waals surface area contributed by atoms with Crippen molar-refractivity contribution in [1.29, 1.82) is 0 Å². The summed E-state index contributed by atoms with van der Waals surface area (Å²) in [6.45, 7) is 6.87. The molecule has 0 aromatic heterocycles. The lowest BCUT2D eigenvalue weighted by molar-refractivity contribution is 0.0938. The molecule has 0 bridgehead atoms. The van der Waals surface area contributed by atoms with Crippen LogP contribution in [0.2, 0.25) is 5.02 Å². The number of amides is 1. The Morgan fingerprint density at radius 2 is 2.29 bits per heavy atom. The van der Waals surface area contributed by atoms with Crippen LogP contribution in [0.25, 0.3) is 0 Å². The quantitative estimate of drug-likeness (QED) is 0.909. The number of benzene rings is 1. The zero-order valence-electron chi connectivity index (χ0n) is 12.9. The van der Waals surface area contributed by atoms with Crippen LogP contribution in [0.5, 0.6) is 5.75 Å². The Bertz CT molecular complexity index is 519. The highest BCUT2D eigenvalue weighted by atomic mass is 35.5. The number of nitrogens with zero attached hydrogens (tertiary/aromatic N) is 1. The third kappa shape index (κ3) is 3.69. The van der Waals surface area contributed by atoms with E-state index in [1.165, 1.54) is 6.42 Å². The van der Waals surface area contributed by atoms with Crippen LogP contribution in [0.4, 0.5) is 0 Å². The predicted molar refractivity (Wildman–Crippen MR) is 85.3 cm³/mol. The molecular weight excluding hydrogens is 288 g/mol. The Hall–Kier alpha value is -1.26. The smallest absolute Gasteiger partial charge is 0.255 e. The lowest BCUT2D eigenvalue weighted by atomic mass is 10.1. The van der Waals surface area contributed by atoms with Gasteiger partial charge in [-0.25, -0.2) is 0 Å². The molecule has 0 saturated carbocycles. The fourth-order valence-corrected chi connectivity index (χ4v) is 3.01. The Balaban J connectivity index is 2.05. The number of likely N-dealkylation sites (N-methyl/N-ethyl adjacent to an activating group) is 1. The minimum Gasteiger partial charge on any atom is -0.496 e. The van der Waals surface area contributed by atoms with Crippen molar-refractivity contribution in [3.8, 4) is 5.75 Å². The number of carbonyl (C=O) groups excluding carboxylic acids is 1. The summed E-state index contributed by atoms with van der Waals surface area (Å²) in [5.74, 6) is 0.435. The van der Waals surface area contributed by atoms with Crippen molar-refractivity contribution in [2.24, 2.45) is 0 Å². The minimum atomic E-state index is -0.128. The van der Waals surface area contributed by atoms with Gasteiger partial charge in [0.2, 0.25) is 0 Å². The van der Waals surface area contributed by atoms with Crippen LogP contribution < -0.4 is 10.1 Å². The van der Waals surface area contributed by atoms with Crippen LogP contribution in [0, 0.1) is 6.92 Å². The van der Waals surface area contributed by atoms with Crippen molar-refractivity contribution >= 4 is 17.5 Å². The standard InChI is InChI=1S/C16H23ClN2O2/c1-4-19-7-5-6-12(19)10-18-16(20)13-9-14(17)11(2)8-15(13)21-3/h8-9,12H,4-7,10H2,1-3H3,(H,18,20)/t12-/m0/s1. The first kappa shape index (κ1) is 16.1. The fraction of sp³-hybridized carbons (Fsp3) is 0.562. The van der Waals surface area contributed by atoms with E-state index in [1.807, 2.05) is 6.92 Å². The highest BCUT2D eigenvalue weighted by Crippen LogP contribution is 2.26. The van der Waals surface area contributed by atoms with Gasteiger partial charge >= 0.3 is 0 Å². The molecule has 5 heteroatoms. The van der Waals surface area contributed by atoms with Gasteiger partial charge in [-0.15, -0.1) is 0 Å². The van der Waals surface area contributed by atoms with E-state index in [1.54, 1.807) is 19.2 Å². The maximum absolute atomic E-state index is 12.4. The SMILES string of the molecule is CCN1CCC[C@H]1CNC(=O)c1cc(Cl)c(C)cc1OC. The molecule has 1 fully saturated rings. The average Bonchev–Trinajstić information content (AvgIpc) is 2.94. The molecule has 1 N–H and O–H groups in total. The molecule has 1 saturated heterocycles. The van der Waals surface area contributed by atoms with Gasteiger partial charge in [-0.1, -0.05) is 18.5 Å². The molecule has 21 heavy (non-hydrogen) atoms. The summed E-state index contributed by atoms with van der Waals surface area (Å²) in [6, 6.07) is 3.91. The first-order valence-corrected chi connectivity index (χ1v) is 7.81. The summed E-state index contributed by atoms with van der Waals surface area (Å²) < 4.78 is 5.29. The minimum absolute atomic E-state index is 0.128. The number of carbonyl (C=O) groups is 1. The first-order chi connectivity index (χ1) is 10.1. The van der Waals surface area contributed by atoms with E-state index in [0.29, 0.717) is 28.9 Å². The fourth-order valence-electron chi connectivity index (χ4n) is 2.85.